The van der Waals surface area contributed by atoms with Crippen LogP contribution in [-0.4, -0.2) is 25.9 Å². The van der Waals surface area contributed by atoms with E-state index in [1.54, 1.807) is 19.2 Å². The molecule has 0 aromatic heterocycles. The largest absolute Gasteiger partial charge is 0.508 e. The summed E-state index contributed by atoms with van der Waals surface area (Å²) in [5, 5.41) is 9.58. The number of phenols is 1. The number of hydrogen-bond acceptors (Lipinski definition) is 4. The molecule has 0 radical (unpaired) electrons. The molecule has 14 heavy (non-hydrogen) atoms. The van der Waals surface area contributed by atoms with Crippen LogP contribution in [0.5, 0.6) is 17.2 Å². The minimum atomic E-state index is 0.188. The summed E-state index contributed by atoms with van der Waals surface area (Å²) >= 11 is 0. The maximum atomic E-state index is 9.58. The van der Waals surface area contributed by atoms with Crippen molar-refractivity contribution < 1.29 is 14.6 Å². The van der Waals surface area contributed by atoms with Crippen LogP contribution < -0.4 is 15.2 Å². The second-order valence-corrected chi connectivity index (χ2v) is 2.84. The van der Waals surface area contributed by atoms with E-state index in [0.29, 0.717) is 30.0 Å². The zero-order chi connectivity index (χ0) is 10.6. The summed E-state index contributed by atoms with van der Waals surface area (Å²) in [7, 11) is 3.10. The van der Waals surface area contributed by atoms with Crippen LogP contribution in [-0.2, 0) is 6.42 Å². The molecule has 0 aliphatic rings. The highest BCUT2D eigenvalue weighted by atomic mass is 16.5. The van der Waals surface area contributed by atoms with Gasteiger partial charge in [-0.1, -0.05) is 0 Å². The van der Waals surface area contributed by atoms with E-state index < -0.39 is 0 Å². The van der Waals surface area contributed by atoms with E-state index in [4.69, 9.17) is 15.2 Å². The first kappa shape index (κ1) is 10.7. The van der Waals surface area contributed by atoms with Crippen LogP contribution in [0.1, 0.15) is 5.56 Å². The molecule has 0 amide bonds. The number of phenolic OH excluding ortho intramolecular Hbond substituents is 1. The molecular weight excluding hydrogens is 182 g/mol. The second-order valence-electron chi connectivity index (χ2n) is 2.84. The Labute approximate surface area is 83.3 Å². The molecule has 1 aromatic rings. The van der Waals surface area contributed by atoms with Crippen LogP contribution in [0.25, 0.3) is 0 Å². The molecule has 1 rings (SSSR count). The van der Waals surface area contributed by atoms with Crippen molar-refractivity contribution in [2.45, 2.75) is 6.42 Å². The fourth-order valence-corrected chi connectivity index (χ4v) is 1.37. The van der Waals surface area contributed by atoms with Crippen molar-refractivity contribution >= 4 is 0 Å². The monoisotopic (exact) mass is 197 g/mol. The first-order valence-electron chi connectivity index (χ1n) is 4.37. The molecule has 0 aliphatic carbocycles. The van der Waals surface area contributed by atoms with Crippen LogP contribution >= 0.6 is 0 Å². The van der Waals surface area contributed by atoms with Crippen LogP contribution in [0.15, 0.2) is 12.1 Å². The lowest BCUT2D eigenvalue weighted by Gasteiger charge is -2.13. The van der Waals surface area contributed by atoms with Gasteiger partial charge in [-0.15, -0.1) is 0 Å². The molecule has 0 atom stereocenters. The zero-order valence-corrected chi connectivity index (χ0v) is 8.41. The molecule has 0 heterocycles. The minimum Gasteiger partial charge on any atom is -0.508 e. The van der Waals surface area contributed by atoms with Gasteiger partial charge >= 0.3 is 0 Å². The van der Waals surface area contributed by atoms with E-state index >= 15 is 0 Å². The van der Waals surface area contributed by atoms with E-state index in [2.05, 4.69) is 0 Å². The highest BCUT2D eigenvalue weighted by molar-refractivity contribution is 5.53. The van der Waals surface area contributed by atoms with Crippen molar-refractivity contribution in [1.29, 1.82) is 0 Å². The summed E-state index contributed by atoms with van der Waals surface area (Å²) in [4.78, 5) is 0. The average Bonchev–Trinajstić information content (AvgIpc) is 2.21. The van der Waals surface area contributed by atoms with Crippen LogP contribution in [0.4, 0.5) is 0 Å². The average molecular weight is 197 g/mol. The SMILES string of the molecule is COc1ccc(O)c(CCN)c1OC. The number of benzene rings is 1. The topological polar surface area (TPSA) is 64.7 Å². The van der Waals surface area contributed by atoms with Gasteiger partial charge in [-0.05, 0) is 25.1 Å². The third kappa shape index (κ3) is 1.90. The van der Waals surface area contributed by atoms with Gasteiger partial charge in [-0.2, -0.15) is 0 Å². The quantitative estimate of drug-likeness (QED) is 0.753. The van der Waals surface area contributed by atoms with Gasteiger partial charge in [0.25, 0.3) is 0 Å². The van der Waals surface area contributed by atoms with Gasteiger partial charge in [-0.25, -0.2) is 0 Å². The molecule has 0 bridgehead atoms. The molecule has 0 aliphatic heterocycles. The molecular formula is C10H15NO3. The molecule has 0 unspecified atom stereocenters. The molecule has 78 valence electrons. The summed E-state index contributed by atoms with van der Waals surface area (Å²) in [6.07, 6.45) is 0.562. The summed E-state index contributed by atoms with van der Waals surface area (Å²) in [6, 6.07) is 3.24. The predicted octanol–water partition coefficient (Wildman–Crippen LogP) is 0.911. The van der Waals surface area contributed by atoms with Crippen molar-refractivity contribution in [2.24, 2.45) is 5.73 Å². The summed E-state index contributed by atoms with van der Waals surface area (Å²) in [5.41, 5.74) is 6.13. The lowest BCUT2D eigenvalue weighted by atomic mass is 10.1. The summed E-state index contributed by atoms with van der Waals surface area (Å²) in [6.45, 7) is 0.455. The highest BCUT2D eigenvalue weighted by Crippen LogP contribution is 2.36. The Morgan fingerprint density at radius 2 is 2.00 bits per heavy atom. The number of rotatable bonds is 4. The first-order valence-corrected chi connectivity index (χ1v) is 4.37. The number of ether oxygens (including phenoxy) is 2. The number of nitrogens with two attached hydrogens (primary N) is 1. The Morgan fingerprint density at radius 3 is 2.50 bits per heavy atom. The molecule has 0 fully saturated rings. The van der Waals surface area contributed by atoms with E-state index in [9.17, 15) is 5.11 Å². The Morgan fingerprint density at radius 1 is 1.29 bits per heavy atom. The Balaban J connectivity index is 3.20. The van der Waals surface area contributed by atoms with Gasteiger partial charge in [0, 0.05) is 5.56 Å². The molecule has 0 saturated carbocycles. The van der Waals surface area contributed by atoms with Crippen LogP contribution in [0, 0.1) is 0 Å². The van der Waals surface area contributed by atoms with Crippen LogP contribution in [0.3, 0.4) is 0 Å². The molecule has 4 heteroatoms. The van der Waals surface area contributed by atoms with Crippen LogP contribution in [0.2, 0.25) is 0 Å². The lowest BCUT2D eigenvalue weighted by Crippen LogP contribution is -2.05. The van der Waals surface area contributed by atoms with Gasteiger partial charge in [0.2, 0.25) is 0 Å². The van der Waals surface area contributed by atoms with Crippen molar-refractivity contribution in [3.8, 4) is 17.2 Å². The maximum absolute atomic E-state index is 9.58. The third-order valence-corrected chi connectivity index (χ3v) is 2.02. The molecule has 0 spiro atoms. The number of hydrogen-bond donors (Lipinski definition) is 2. The standard InChI is InChI=1S/C10H15NO3/c1-13-9-4-3-8(12)7(5-6-11)10(9)14-2/h3-4,12H,5-6,11H2,1-2H3. The fourth-order valence-electron chi connectivity index (χ4n) is 1.37. The second kappa shape index (κ2) is 4.72. The van der Waals surface area contributed by atoms with E-state index in [1.165, 1.54) is 7.11 Å². The minimum absolute atomic E-state index is 0.188. The van der Waals surface area contributed by atoms with Crippen molar-refractivity contribution in [3.63, 3.8) is 0 Å². The highest BCUT2D eigenvalue weighted by Gasteiger charge is 2.13. The van der Waals surface area contributed by atoms with Gasteiger partial charge in [0.05, 0.1) is 14.2 Å². The van der Waals surface area contributed by atoms with E-state index in [1.807, 2.05) is 0 Å². The van der Waals surface area contributed by atoms with Gasteiger partial charge in [-0.3, -0.25) is 0 Å². The maximum Gasteiger partial charge on any atom is 0.167 e. The summed E-state index contributed by atoms with van der Waals surface area (Å²) < 4.78 is 10.3. The predicted molar refractivity (Wildman–Crippen MR) is 54.0 cm³/mol. The number of aromatic hydroxyl groups is 1. The Kier molecular flexibility index (Phi) is 3.59. The van der Waals surface area contributed by atoms with Gasteiger partial charge in [0.1, 0.15) is 5.75 Å². The molecule has 4 nitrogen and oxygen atoms in total. The van der Waals surface area contributed by atoms with Crippen molar-refractivity contribution in [1.82, 2.24) is 0 Å². The van der Waals surface area contributed by atoms with E-state index in [0.717, 1.165) is 0 Å². The molecule has 1 aromatic carbocycles. The smallest absolute Gasteiger partial charge is 0.167 e. The lowest BCUT2D eigenvalue weighted by molar-refractivity contribution is 0.347. The van der Waals surface area contributed by atoms with Gasteiger partial charge < -0.3 is 20.3 Å². The van der Waals surface area contributed by atoms with Crippen molar-refractivity contribution in [2.75, 3.05) is 20.8 Å². The molecule has 3 N–H and O–H groups in total. The third-order valence-electron chi connectivity index (χ3n) is 2.02. The normalized spacial score (nSPS) is 9.93. The zero-order valence-electron chi connectivity index (χ0n) is 8.41. The van der Waals surface area contributed by atoms with Gasteiger partial charge in [0.15, 0.2) is 11.5 Å². The van der Waals surface area contributed by atoms with Crippen molar-refractivity contribution in [3.05, 3.63) is 17.7 Å². The summed E-state index contributed by atoms with van der Waals surface area (Å²) in [5.74, 6) is 1.35. The molecule has 0 saturated heterocycles. The van der Waals surface area contributed by atoms with E-state index in [-0.39, 0.29) is 5.75 Å². The first-order chi connectivity index (χ1) is 6.74. The fraction of sp³-hybridized carbons (Fsp3) is 0.400. The Hall–Kier alpha value is -1.42. The Bertz CT molecular complexity index is 312. The number of methoxy groups -OCH3 is 2.